The summed E-state index contributed by atoms with van der Waals surface area (Å²) in [5.74, 6) is -2.10. The lowest BCUT2D eigenvalue weighted by atomic mass is 9.95. The highest BCUT2D eigenvalue weighted by atomic mass is 19.4. The SMILES string of the molecule is COc1ccc(CN(Cc2ccc(OC)cc2)c2nc(-c3nc4c5c(nc(OC[C@@]67CCCN6C[C@H](F)C7)nc5c3F)N3C[C@H]5CC[C@@H]([C@H]3[C@H](C)O4)N5C(=O)OC(C)(C)C)c(C(F)(F)F)c(C)c2F)cc1. The number of methoxy groups -OCH3 is 2. The molecule has 0 radical (unpaired) electrons. The van der Waals surface area contributed by atoms with Gasteiger partial charge in [-0.15, -0.1) is 0 Å². The molecule has 3 aromatic heterocycles. The van der Waals surface area contributed by atoms with Crippen LogP contribution in [0.1, 0.15) is 82.1 Å². The van der Waals surface area contributed by atoms with Crippen molar-refractivity contribution in [2.75, 3.05) is 50.3 Å². The molecule has 0 aliphatic carbocycles. The monoisotopic (exact) mass is 990 g/mol. The number of alkyl halides is 4. The molecule has 6 atom stereocenters. The summed E-state index contributed by atoms with van der Waals surface area (Å²) in [7, 11) is 3.02. The van der Waals surface area contributed by atoms with E-state index in [2.05, 4.69) is 15.0 Å². The third kappa shape index (κ3) is 8.83. The number of halogens is 6. The van der Waals surface area contributed by atoms with Gasteiger partial charge in [0.25, 0.3) is 0 Å². The van der Waals surface area contributed by atoms with Crippen LogP contribution in [0.15, 0.2) is 48.5 Å². The number of aromatic nitrogens is 4. The van der Waals surface area contributed by atoms with Crippen molar-refractivity contribution in [1.29, 1.82) is 0 Å². The highest BCUT2D eigenvalue weighted by Crippen LogP contribution is 2.49. The number of ether oxygens (including phenoxy) is 5. The minimum absolute atomic E-state index is 0.0304. The van der Waals surface area contributed by atoms with Gasteiger partial charge in [0.15, 0.2) is 17.5 Å². The Labute approximate surface area is 407 Å². The van der Waals surface area contributed by atoms with Gasteiger partial charge in [-0.2, -0.15) is 23.1 Å². The fourth-order valence-corrected chi connectivity index (χ4v) is 11.4. The molecule has 71 heavy (non-hydrogen) atoms. The first-order chi connectivity index (χ1) is 33.8. The standard InChI is InChI=1S/C51H56F6N8O6/c1-27-37(51(55,56)57)41(58-45(38(27)53)62(22-29-9-14-33(67-6)15-10-29)23-30-11-16-34(68-7)17-12-30)42-39(54)40-36-44(61-47(60-40)69-26-50-19-8-20-63(50)24-31(52)21-50)64-25-32-13-18-35(43(64)28(2)70-46(36)59-42)65(32)48(66)71-49(3,4)5/h9-12,14-17,28,31-32,35,43H,8,13,18-26H2,1-7H3/t28-,31+,32+,35-,43+,50-/m0/s1. The van der Waals surface area contributed by atoms with Crippen LogP contribution in [0.25, 0.3) is 22.3 Å². The average Bonchev–Trinajstić information content (AvgIpc) is 3.94. The Morgan fingerprint density at radius 3 is 2.17 bits per heavy atom. The van der Waals surface area contributed by atoms with Gasteiger partial charge < -0.3 is 33.5 Å². The Morgan fingerprint density at radius 1 is 0.887 bits per heavy atom. The number of anilines is 2. The lowest BCUT2D eigenvalue weighted by Gasteiger charge is -2.48. The van der Waals surface area contributed by atoms with E-state index in [1.807, 2.05) is 9.80 Å². The van der Waals surface area contributed by atoms with E-state index in [1.165, 1.54) is 19.1 Å². The molecular weight excluding hydrogens is 935 g/mol. The highest BCUT2D eigenvalue weighted by Gasteiger charge is 2.55. The predicted molar refractivity (Wildman–Crippen MR) is 251 cm³/mol. The summed E-state index contributed by atoms with van der Waals surface area (Å²) in [6.45, 7) is 9.08. The summed E-state index contributed by atoms with van der Waals surface area (Å²) in [6, 6.07) is 12.0. The van der Waals surface area contributed by atoms with Crippen molar-refractivity contribution in [3.63, 3.8) is 0 Å². The van der Waals surface area contributed by atoms with Gasteiger partial charge in [-0.1, -0.05) is 24.3 Å². The zero-order valence-electron chi connectivity index (χ0n) is 40.6. The molecule has 5 aliphatic heterocycles. The van der Waals surface area contributed by atoms with Gasteiger partial charge in [-0.05, 0) is 102 Å². The van der Waals surface area contributed by atoms with Gasteiger partial charge in [-0.25, -0.2) is 27.9 Å². The van der Waals surface area contributed by atoms with Crippen molar-refractivity contribution >= 4 is 28.6 Å². The Bertz CT molecular complexity index is 2800. The summed E-state index contributed by atoms with van der Waals surface area (Å²) >= 11 is 0. The summed E-state index contributed by atoms with van der Waals surface area (Å²) < 4.78 is 126. The minimum Gasteiger partial charge on any atom is -0.497 e. The zero-order valence-corrected chi connectivity index (χ0v) is 40.6. The maximum atomic E-state index is 18.0. The molecule has 0 saturated carbocycles. The van der Waals surface area contributed by atoms with E-state index in [-0.39, 0.29) is 68.3 Å². The van der Waals surface area contributed by atoms with Gasteiger partial charge in [0.2, 0.25) is 5.88 Å². The maximum absolute atomic E-state index is 18.0. The van der Waals surface area contributed by atoms with Crippen LogP contribution in [0.4, 0.5) is 42.8 Å². The second-order valence-electron chi connectivity index (χ2n) is 20.3. The molecule has 14 nitrogen and oxygen atoms in total. The van der Waals surface area contributed by atoms with Gasteiger partial charge in [0.05, 0.1) is 43.4 Å². The van der Waals surface area contributed by atoms with Gasteiger partial charge in [-0.3, -0.25) is 9.80 Å². The molecular formula is C51H56F6N8O6. The Morgan fingerprint density at radius 2 is 1.55 bits per heavy atom. The highest BCUT2D eigenvalue weighted by molar-refractivity contribution is 5.97. The number of hydrogen-bond donors (Lipinski definition) is 0. The van der Waals surface area contributed by atoms with Gasteiger partial charge in [0.1, 0.15) is 64.1 Å². The predicted octanol–water partition coefficient (Wildman–Crippen LogP) is 9.61. The second kappa shape index (κ2) is 18.1. The first kappa shape index (κ1) is 48.3. The quantitative estimate of drug-likeness (QED) is 0.117. The summed E-state index contributed by atoms with van der Waals surface area (Å²) in [6.07, 6.45) is -4.80. The van der Waals surface area contributed by atoms with Crippen LogP contribution in [0.3, 0.4) is 0 Å². The van der Waals surface area contributed by atoms with Crippen LogP contribution in [0.5, 0.6) is 23.4 Å². The minimum atomic E-state index is -5.26. The van der Waals surface area contributed by atoms with E-state index in [0.717, 1.165) is 13.3 Å². The number of hydrogen-bond acceptors (Lipinski definition) is 13. The molecule has 2 aromatic carbocycles. The Kier molecular flexibility index (Phi) is 12.3. The molecule has 8 heterocycles. The molecule has 378 valence electrons. The van der Waals surface area contributed by atoms with Crippen molar-refractivity contribution in [2.45, 2.75) is 128 Å². The summed E-state index contributed by atoms with van der Waals surface area (Å²) in [5, 5.41) is -0.0309. The van der Waals surface area contributed by atoms with Crippen molar-refractivity contribution in [1.82, 2.24) is 29.7 Å². The first-order valence-electron chi connectivity index (χ1n) is 23.9. The molecule has 0 N–H and O–H groups in total. The number of carbonyl (C=O) groups is 1. The molecule has 10 rings (SSSR count). The summed E-state index contributed by atoms with van der Waals surface area (Å²) in [5.41, 5.74) is -4.89. The molecule has 1 amide bonds. The number of pyridine rings is 2. The molecule has 5 aromatic rings. The van der Waals surface area contributed by atoms with Crippen molar-refractivity contribution in [3.05, 3.63) is 82.4 Å². The van der Waals surface area contributed by atoms with Crippen LogP contribution >= 0.6 is 0 Å². The smallest absolute Gasteiger partial charge is 0.418 e. The lowest BCUT2D eigenvalue weighted by molar-refractivity contribution is -0.138. The van der Waals surface area contributed by atoms with Crippen molar-refractivity contribution < 1.29 is 54.8 Å². The first-order valence-corrected chi connectivity index (χ1v) is 23.9. The van der Waals surface area contributed by atoms with Crippen LogP contribution in [-0.4, -0.2) is 118 Å². The van der Waals surface area contributed by atoms with E-state index in [1.54, 1.807) is 81.1 Å². The number of nitrogens with zero attached hydrogens (tertiary/aromatic N) is 8. The number of carbonyl (C=O) groups excluding carboxylic acids is 1. The molecule has 0 spiro atoms. The van der Waals surface area contributed by atoms with Crippen LogP contribution in [0, 0.1) is 18.6 Å². The molecule has 4 saturated heterocycles. The number of fused-ring (bicyclic) bond motifs is 6. The van der Waals surface area contributed by atoms with Crippen LogP contribution in [0.2, 0.25) is 0 Å². The second-order valence-corrected chi connectivity index (χ2v) is 20.3. The molecule has 20 heteroatoms. The normalized spacial score (nSPS) is 23.8. The number of piperazine rings is 1. The third-order valence-electron chi connectivity index (χ3n) is 14.5. The Balaban J connectivity index is 1.15. The topological polar surface area (TPSA) is 128 Å². The van der Waals surface area contributed by atoms with Gasteiger partial charge in [0, 0.05) is 38.2 Å². The van der Waals surface area contributed by atoms with E-state index >= 15 is 22.0 Å². The fraction of sp³-hybridized carbons (Fsp3) is 0.510. The number of rotatable bonds is 11. The Hall–Kier alpha value is -6.31. The number of amides is 1. The third-order valence-corrected chi connectivity index (χ3v) is 14.5. The van der Waals surface area contributed by atoms with E-state index < -0.39 is 93.3 Å². The maximum Gasteiger partial charge on any atom is 0.418 e. The molecule has 2 bridgehead atoms. The summed E-state index contributed by atoms with van der Waals surface area (Å²) in [4.78, 5) is 39.4. The van der Waals surface area contributed by atoms with Crippen LogP contribution < -0.4 is 28.7 Å². The van der Waals surface area contributed by atoms with E-state index in [4.69, 9.17) is 28.7 Å². The number of benzene rings is 2. The molecule has 4 fully saturated rings. The largest absolute Gasteiger partial charge is 0.497 e. The van der Waals surface area contributed by atoms with Crippen molar-refractivity contribution in [2.24, 2.45) is 0 Å². The fourth-order valence-electron chi connectivity index (χ4n) is 11.4. The van der Waals surface area contributed by atoms with Gasteiger partial charge >= 0.3 is 18.3 Å². The molecule has 5 aliphatic rings. The van der Waals surface area contributed by atoms with Crippen LogP contribution in [-0.2, 0) is 24.0 Å². The average molecular weight is 991 g/mol. The zero-order chi connectivity index (χ0) is 50.3. The van der Waals surface area contributed by atoms with E-state index in [9.17, 15) is 9.18 Å². The molecule has 0 unspecified atom stereocenters. The lowest BCUT2D eigenvalue weighted by Crippen LogP contribution is -2.65. The van der Waals surface area contributed by atoms with Crippen molar-refractivity contribution in [3.8, 4) is 34.8 Å². The van der Waals surface area contributed by atoms with E-state index in [0.29, 0.717) is 48.4 Å².